The van der Waals surface area contributed by atoms with E-state index in [1.54, 1.807) is 0 Å². The number of anilines is 2. The summed E-state index contributed by atoms with van der Waals surface area (Å²) >= 11 is 0. The maximum Gasteiger partial charge on any atom is 0.223 e. The molecule has 175 valence electrons. The molecule has 4 rings (SSSR count). The van der Waals surface area contributed by atoms with Crippen molar-refractivity contribution in [2.75, 3.05) is 24.6 Å². The highest BCUT2D eigenvalue weighted by Gasteiger charge is 2.21. The number of nitrogens with two attached hydrogens (primary N) is 1. The Hall–Kier alpha value is -2.73. The van der Waals surface area contributed by atoms with Crippen LogP contribution >= 0.6 is 0 Å². The minimum Gasteiger partial charge on any atom is -0.398 e. The molecule has 1 fully saturated rings. The van der Waals surface area contributed by atoms with E-state index < -0.39 is 0 Å². The van der Waals surface area contributed by atoms with E-state index in [2.05, 4.69) is 53.0 Å². The van der Waals surface area contributed by atoms with Crippen LogP contribution in [0.4, 0.5) is 11.6 Å². The Bertz CT molecular complexity index is 1000. The first kappa shape index (κ1) is 23.4. The van der Waals surface area contributed by atoms with Gasteiger partial charge in [0.2, 0.25) is 5.95 Å². The average molecular weight is 446 g/mol. The molecule has 1 radical (unpaired) electrons. The molecule has 0 aliphatic heterocycles. The van der Waals surface area contributed by atoms with E-state index in [0.29, 0.717) is 23.9 Å². The standard InChI is InChI=1S/C27H37N6/c1-18(2)26(29-3)23-17-20(8-13-24(23)28)25-14-16-31-27(33-25)32-22-11-9-21(10-12-22)30-15-4-5-19-6-7-19/h6-8,13-14,16-18,21-22,30H,4-5,9-12,15,28H2,1-3H3,(H,31,32,33). The topological polar surface area (TPSA) is 88.2 Å². The Kier molecular flexibility index (Phi) is 7.76. The largest absolute Gasteiger partial charge is 0.398 e. The minimum absolute atomic E-state index is 0.300. The third-order valence-electron chi connectivity index (χ3n) is 6.61. The van der Waals surface area contributed by atoms with E-state index in [1.165, 1.54) is 31.3 Å². The quantitative estimate of drug-likeness (QED) is 0.271. The van der Waals surface area contributed by atoms with Crippen molar-refractivity contribution in [3.63, 3.8) is 0 Å². The number of hydrogen-bond acceptors (Lipinski definition) is 6. The molecule has 0 unspecified atom stereocenters. The molecule has 0 bridgehead atoms. The van der Waals surface area contributed by atoms with E-state index >= 15 is 0 Å². The van der Waals surface area contributed by atoms with Crippen LogP contribution in [0.5, 0.6) is 0 Å². The molecule has 1 aromatic heterocycles. The lowest BCUT2D eigenvalue weighted by molar-refractivity contribution is 0.352. The fourth-order valence-corrected chi connectivity index (χ4v) is 4.66. The molecular weight excluding hydrogens is 408 g/mol. The number of nitrogens with zero attached hydrogens (tertiary/aromatic N) is 3. The number of benzene rings is 1. The van der Waals surface area contributed by atoms with E-state index in [1.807, 2.05) is 31.4 Å². The van der Waals surface area contributed by atoms with Crippen molar-refractivity contribution in [3.8, 4) is 11.3 Å². The lowest BCUT2D eigenvalue weighted by Gasteiger charge is -2.29. The highest BCUT2D eigenvalue weighted by Crippen LogP contribution is 2.27. The van der Waals surface area contributed by atoms with Crippen molar-refractivity contribution in [2.45, 2.75) is 64.5 Å². The number of nitrogen functional groups attached to an aromatic ring is 1. The summed E-state index contributed by atoms with van der Waals surface area (Å²) in [5.74, 6) is 0.998. The molecule has 6 heteroatoms. The Morgan fingerprint density at radius 3 is 2.61 bits per heavy atom. The Morgan fingerprint density at radius 2 is 1.91 bits per heavy atom. The molecule has 0 saturated heterocycles. The van der Waals surface area contributed by atoms with Gasteiger partial charge >= 0.3 is 0 Å². The molecule has 33 heavy (non-hydrogen) atoms. The molecular formula is C27H37N6. The van der Waals surface area contributed by atoms with Crippen LogP contribution in [0.2, 0.25) is 0 Å². The van der Waals surface area contributed by atoms with Crippen molar-refractivity contribution in [1.29, 1.82) is 0 Å². The van der Waals surface area contributed by atoms with Crippen LogP contribution < -0.4 is 16.4 Å². The molecule has 4 N–H and O–H groups in total. The lowest BCUT2D eigenvalue weighted by Crippen LogP contribution is -2.37. The first-order chi connectivity index (χ1) is 16.0. The minimum atomic E-state index is 0.300. The zero-order chi connectivity index (χ0) is 23.2. The number of hydrogen-bond donors (Lipinski definition) is 3. The highest BCUT2D eigenvalue weighted by molar-refractivity contribution is 6.06. The third-order valence-corrected chi connectivity index (χ3v) is 6.61. The van der Waals surface area contributed by atoms with Crippen LogP contribution in [-0.4, -0.2) is 41.4 Å². The van der Waals surface area contributed by atoms with Crippen molar-refractivity contribution in [2.24, 2.45) is 10.9 Å². The normalized spacial score (nSPS) is 20.6. The number of aliphatic imine (C=N–C) groups is 1. The highest BCUT2D eigenvalue weighted by atomic mass is 15.1. The van der Waals surface area contributed by atoms with E-state index in [4.69, 9.17) is 10.7 Å². The van der Waals surface area contributed by atoms with Crippen LogP contribution in [-0.2, 0) is 0 Å². The van der Waals surface area contributed by atoms with E-state index in [0.717, 1.165) is 47.6 Å². The van der Waals surface area contributed by atoms with Gasteiger partial charge in [-0.3, -0.25) is 4.99 Å². The Labute approximate surface area is 198 Å². The fourth-order valence-electron chi connectivity index (χ4n) is 4.66. The molecule has 1 heterocycles. The van der Waals surface area contributed by atoms with Crippen molar-refractivity contribution in [1.82, 2.24) is 15.3 Å². The summed E-state index contributed by atoms with van der Waals surface area (Å²) in [5, 5.41) is 7.30. The second-order valence-corrected chi connectivity index (χ2v) is 9.49. The summed E-state index contributed by atoms with van der Waals surface area (Å²) in [5.41, 5.74) is 12.4. The molecule has 2 aromatic rings. The van der Waals surface area contributed by atoms with Crippen molar-refractivity contribution in [3.05, 3.63) is 54.1 Å². The van der Waals surface area contributed by atoms with Gasteiger partial charge in [0.1, 0.15) is 0 Å². The van der Waals surface area contributed by atoms with Crippen LogP contribution in [0.25, 0.3) is 11.3 Å². The van der Waals surface area contributed by atoms with Gasteiger partial charge in [-0.2, -0.15) is 0 Å². The predicted octanol–water partition coefficient (Wildman–Crippen LogP) is 5.04. The summed E-state index contributed by atoms with van der Waals surface area (Å²) in [7, 11) is 1.82. The zero-order valence-corrected chi connectivity index (χ0v) is 20.1. The van der Waals surface area contributed by atoms with Gasteiger partial charge in [-0.15, -0.1) is 0 Å². The van der Waals surface area contributed by atoms with Crippen molar-refractivity contribution < 1.29 is 0 Å². The fraction of sp³-hybridized carbons (Fsp3) is 0.481. The second kappa shape index (κ2) is 10.9. The Balaban J connectivity index is 1.34. The summed E-state index contributed by atoms with van der Waals surface area (Å²) in [6.07, 6.45) is 13.4. The second-order valence-electron chi connectivity index (χ2n) is 9.49. The maximum absolute atomic E-state index is 6.27. The number of nitrogens with one attached hydrogen (secondary N) is 2. The third kappa shape index (κ3) is 6.41. The first-order valence-electron chi connectivity index (χ1n) is 12.3. The van der Waals surface area contributed by atoms with Gasteiger partial charge in [0.25, 0.3) is 0 Å². The molecule has 6 nitrogen and oxygen atoms in total. The number of aromatic nitrogens is 2. The molecule has 0 spiro atoms. The maximum atomic E-state index is 6.27. The smallest absolute Gasteiger partial charge is 0.223 e. The predicted molar refractivity (Wildman–Crippen MR) is 138 cm³/mol. The molecule has 2 aliphatic carbocycles. The van der Waals surface area contributed by atoms with Gasteiger partial charge in [0.15, 0.2) is 0 Å². The van der Waals surface area contributed by atoms with E-state index in [9.17, 15) is 0 Å². The monoisotopic (exact) mass is 445 g/mol. The van der Waals surface area contributed by atoms with Crippen LogP contribution in [0.3, 0.4) is 0 Å². The molecule has 0 atom stereocenters. The molecule has 1 saturated carbocycles. The van der Waals surface area contributed by atoms with Gasteiger partial charge in [-0.05, 0) is 69.2 Å². The molecule has 1 aromatic carbocycles. The number of rotatable bonds is 10. The summed E-state index contributed by atoms with van der Waals surface area (Å²) in [4.78, 5) is 13.8. The van der Waals surface area contributed by atoms with Gasteiger partial charge in [-0.1, -0.05) is 31.6 Å². The lowest BCUT2D eigenvalue weighted by atomic mass is 9.91. The van der Waals surface area contributed by atoms with Gasteiger partial charge < -0.3 is 16.4 Å². The van der Waals surface area contributed by atoms with Crippen molar-refractivity contribution >= 4 is 17.3 Å². The van der Waals surface area contributed by atoms with E-state index in [-0.39, 0.29) is 0 Å². The zero-order valence-electron chi connectivity index (χ0n) is 20.1. The SMILES string of the molecule is CN=C(c1cc(-c2ccnc(NC3CCC(NCCCC4=C[CH]4)CC3)n2)ccc1N)C(C)C. The summed E-state index contributed by atoms with van der Waals surface area (Å²) in [6, 6.07) is 9.07. The van der Waals surface area contributed by atoms with Gasteiger partial charge in [0.05, 0.1) is 5.69 Å². The number of allylic oxidation sites excluding steroid dienone is 2. The Morgan fingerprint density at radius 1 is 1.15 bits per heavy atom. The van der Waals surface area contributed by atoms with Crippen LogP contribution in [0.15, 0.2) is 47.1 Å². The first-order valence-corrected chi connectivity index (χ1v) is 12.3. The van der Waals surface area contributed by atoms with Gasteiger partial charge in [0, 0.05) is 54.3 Å². The molecule has 2 aliphatic rings. The summed E-state index contributed by atoms with van der Waals surface area (Å²) < 4.78 is 0. The molecule has 0 amide bonds. The van der Waals surface area contributed by atoms with Gasteiger partial charge in [-0.25, -0.2) is 9.97 Å². The van der Waals surface area contributed by atoms with Crippen LogP contribution in [0, 0.1) is 12.3 Å². The van der Waals surface area contributed by atoms with Crippen LogP contribution in [0.1, 0.15) is 57.9 Å². The summed E-state index contributed by atoms with van der Waals surface area (Å²) in [6.45, 7) is 5.39. The average Bonchev–Trinajstić information content (AvgIpc) is 3.64.